The van der Waals surface area contributed by atoms with Crippen LogP contribution in [0.1, 0.15) is 52.0 Å². The SMILES string of the molecule is CCCCNP(=O)(CN(CC(=O)OCC)C(=O)SCc1ccccc1)NCCCC. The van der Waals surface area contributed by atoms with Gasteiger partial charge in [0.05, 0.1) is 6.61 Å². The Morgan fingerprint density at radius 3 is 2.17 bits per heavy atom. The summed E-state index contributed by atoms with van der Waals surface area (Å²) in [5, 5.41) is 5.93. The first-order chi connectivity index (χ1) is 14.4. The number of esters is 1. The summed E-state index contributed by atoms with van der Waals surface area (Å²) in [7, 11) is -3.08. The lowest BCUT2D eigenvalue weighted by Crippen LogP contribution is -2.39. The van der Waals surface area contributed by atoms with E-state index >= 15 is 0 Å². The molecular weight excluding hydrogens is 421 g/mol. The molecule has 0 radical (unpaired) electrons. The molecule has 2 N–H and O–H groups in total. The minimum absolute atomic E-state index is 0.0557. The van der Waals surface area contributed by atoms with E-state index in [1.165, 1.54) is 4.90 Å². The molecule has 0 unspecified atom stereocenters. The Kier molecular flexibility index (Phi) is 13.8. The number of carbonyl (C=O) groups is 2. The molecule has 0 aliphatic rings. The van der Waals surface area contributed by atoms with Gasteiger partial charge in [-0.1, -0.05) is 68.8 Å². The maximum atomic E-state index is 13.5. The Bertz CT molecular complexity index is 661. The first kappa shape index (κ1) is 26.7. The van der Waals surface area contributed by atoms with Crippen molar-refractivity contribution in [1.29, 1.82) is 0 Å². The molecule has 1 aromatic carbocycles. The third kappa shape index (κ3) is 11.2. The molecule has 1 rings (SSSR count). The normalized spacial score (nSPS) is 11.3. The fourth-order valence-corrected chi connectivity index (χ4v) is 5.56. The molecule has 1 amide bonds. The third-order valence-electron chi connectivity index (χ3n) is 4.25. The summed E-state index contributed by atoms with van der Waals surface area (Å²) in [5.41, 5.74) is 1.01. The molecule has 0 spiro atoms. The molecule has 0 aromatic heterocycles. The fourth-order valence-electron chi connectivity index (χ4n) is 2.61. The molecule has 0 atom stereocenters. The number of rotatable bonds is 15. The number of unbranched alkanes of at least 4 members (excludes halogenated alkanes) is 2. The van der Waals surface area contributed by atoms with Gasteiger partial charge in [-0.2, -0.15) is 0 Å². The minimum atomic E-state index is -3.08. The third-order valence-corrected chi connectivity index (χ3v) is 7.44. The quantitative estimate of drug-likeness (QED) is 0.221. The highest BCUT2D eigenvalue weighted by Gasteiger charge is 2.29. The van der Waals surface area contributed by atoms with Crippen LogP contribution >= 0.6 is 19.2 Å². The van der Waals surface area contributed by atoms with Crippen molar-refractivity contribution in [2.45, 2.75) is 52.2 Å². The standard InChI is InChI=1S/C21H36N3O4PS/c1-4-7-14-22-29(27,23-15-8-5-2)18-24(16-20(25)28-6-3)21(26)30-17-19-12-10-9-11-13-19/h9-13H,4-8,14-18H2,1-3H3,(H2,22,23,27). The lowest BCUT2D eigenvalue weighted by atomic mass is 10.2. The molecule has 1 aromatic rings. The van der Waals surface area contributed by atoms with Crippen molar-refractivity contribution in [3.63, 3.8) is 0 Å². The average molecular weight is 458 g/mol. The number of benzene rings is 1. The summed E-state index contributed by atoms with van der Waals surface area (Å²) in [6, 6.07) is 9.64. The molecule has 0 fully saturated rings. The van der Waals surface area contributed by atoms with Crippen LogP contribution < -0.4 is 10.2 Å². The van der Waals surface area contributed by atoms with Crippen molar-refractivity contribution in [1.82, 2.24) is 15.1 Å². The van der Waals surface area contributed by atoms with Crippen LogP contribution in [0.25, 0.3) is 0 Å². The van der Waals surface area contributed by atoms with Gasteiger partial charge in [-0.05, 0) is 25.3 Å². The van der Waals surface area contributed by atoms with Gasteiger partial charge in [-0.15, -0.1) is 0 Å². The number of carbonyl (C=O) groups excluding carboxylic acids is 2. The molecule has 0 aliphatic carbocycles. The Morgan fingerprint density at radius 2 is 1.63 bits per heavy atom. The Labute approximate surface area is 185 Å². The smallest absolute Gasteiger partial charge is 0.325 e. The predicted molar refractivity (Wildman–Crippen MR) is 125 cm³/mol. The van der Waals surface area contributed by atoms with E-state index in [1.54, 1.807) is 6.92 Å². The van der Waals surface area contributed by atoms with Crippen LogP contribution in [0.3, 0.4) is 0 Å². The van der Waals surface area contributed by atoms with Crippen LogP contribution in [-0.4, -0.2) is 48.6 Å². The van der Waals surface area contributed by atoms with Gasteiger partial charge >= 0.3 is 5.97 Å². The molecule has 30 heavy (non-hydrogen) atoms. The monoisotopic (exact) mass is 457 g/mol. The van der Waals surface area contributed by atoms with Gasteiger partial charge in [0, 0.05) is 18.8 Å². The topological polar surface area (TPSA) is 87.7 Å². The molecule has 0 saturated carbocycles. The van der Waals surface area contributed by atoms with E-state index in [0.29, 0.717) is 18.8 Å². The molecule has 7 nitrogen and oxygen atoms in total. The van der Waals surface area contributed by atoms with Crippen molar-refractivity contribution >= 4 is 30.4 Å². The maximum absolute atomic E-state index is 13.5. The van der Waals surface area contributed by atoms with Crippen molar-refractivity contribution in [3.05, 3.63) is 35.9 Å². The van der Waals surface area contributed by atoms with Crippen LogP contribution in [0.4, 0.5) is 4.79 Å². The molecular formula is C21H36N3O4PS. The highest BCUT2D eigenvalue weighted by molar-refractivity contribution is 8.12. The fraction of sp³-hybridized carbons (Fsp3) is 0.619. The van der Waals surface area contributed by atoms with Crippen molar-refractivity contribution in [3.8, 4) is 0 Å². The van der Waals surface area contributed by atoms with E-state index < -0.39 is 13.4 Å². The van der Waals surface area contributed by atoms with Gasteiger partial charge in [-0.25, -0.2) is 0 Å². The Balaban J connectivity index is 2.88. The first-order valence-corrected chi connectivity index (χ1v) is 13.5. The van der Waals surface area contributed by atoms with Crippen molar-refractivity contribution < 1.29 is 18.9 Å². The van der Waals surface area contributed by atoms with Crippen LogP contribution in [0.5, 0.6) is 0 Å². The van der Waals surface area contributed by atoms with Gasteiger partial charge in [-0.3, -0.25) is 24.3 Å². The number of nitrogens with one attached hydrogen (secondary N) is 2. The zero-order valence-electron chi connectivity index (χ0n) is 18.4. The molecule has 0 saturated heterocycles. The number of ether oxygens (including phenoxy) is 1. The molecule has 170 valence electrons. The minimum Gasteiger partial charge on any atom is -0.465 e. The summed E-state index contributed by atoms with van der Waals surface area (Å²) in [6.07, 6.45) is 3.66. The number of thioether (sulfide) groups is 1. The van der Waals surface area contributed by atoms with Crippen molar-refractivity contribution in [2.24, 2.45) is 0 Å². The number of hydrogen-bond acceptors (Lipinski definition) is 5. The van der Waals surface area contributed by atoms with Gasteiger partial charge < -0.3 is 9.64 Å². The van der Waals surface area contributed by atoms with Gasteiger partial charge in [0.25, 0.3) is 5.24 Å². The second-order valence-electron chi connectivity index (χ2n) is 6.95. The first-order valence-electron chi connectivity index (χ1n) is 10.6. The molecule has 9 heteroatoms. The van der Waals surface area contributed by atoms with Crippen molar-refractivity contribution in [2.75, 3.05) is 32.5 Å². The number of hydrogen-bond donors (Lipinski definition) is 2. The molecule has 0 bridgehead atoms. The maximum Gasteiger partial charge on any atom is 0.325 e. The van der Waals surface area contributed by atoms with Gasteiger partial charge in [0.15, 0.2) is 0 Å². The summed E-state index contributed by atoms with van der Waals surface area (Å²) in [6.45, 7) is 7.04. The largest absolute Gasteiger partial charge is 0.465 e. The van der Waals surface area contributed by atoms with E-state index in [1.807, 2.05) is 30.3 Å². The molecule has 0 heterocycles. The zero-order valence-corrected chi connectivity index (χ0v) is 20.1. The highest BCUT2D eigenvalue weighted by atomic mass is 32.2. The van der Waals surface area contributed by atoms with E-state index in [9.17, 15) is 14.2 Å². The summed E-state index contributed by atoms with van der Waals surface area (Å²) in [5.74, 6) is -0.0182. The lowest BCUT2D eigenvalue weighted by Gasteiger charge is -2.28. The van der Waals surface area contributed by atoms with Gasteiger partial charge in [0.2, 0.25) is 7.44 Å². The van der Waals surface area contributed by atoms with E-state index in [-0.39, 0.29) is 24.7 Å². The number of nitrogens with zero attached hydrogens (tertiary/aromatic N) is 1. The van der Waals surface area contributed by atoms with Crippen LogP contribution in [-0.2, 0) is 19.8 Å². The summed E-state index contributed by atoms with van der Waals surface area (Å²) in [4.78, 5) is 26.3. The van der Waals surface area contributed by atoms with Gasteiger partial charge in [0.1, 0.15) is 12.8 Å². The highest BCUT2D eigenvalue weighted by Crippen LogP contribution is 2.37. The van der Waals surface area contributed by atoms with Crippen LogP contribution in [0.2, 0.25) is 0 Å². The number of amides is 1. The van der Waals surface area contributed by atoms with Crippen LogP contribution in [0, 0.1) is 0 Å². The van der Waals surface area contributed by atoms with Crippen LogP contribution in [0.15, 0.2) is 30.3 Å². The molecule has 0 aliphatic heterocycles. The summed E-state index contributed by atoms with van der Waals surface area (Å²) < 4.78 is 18.5. The van der Waals surface area contributed by atoms with E-state index in [0.717, 1.165) is 43.0 Å². The Hall–Kier alpha value is -1.34. The van der Waals surface area contributed by atoms with E-state index in [2.05, 4.69) is 24.0 Å². The van der Waals surface area contributed by atoms with E-state index in [4.69, 9.17) is 4.74 Å². The predicted octanol–water partition coefficient (Wildman–Crippen LogP) is 4.83. The second-order valence-corrected chi connectivity index (χ2v) is 10.3. The Morgan fingerprint density at radius 1 is 1.03 bits per heavy atom. The summed E-state index contributed by atoms with van der Waals surface area (Å²) >= 11 is 1.10. The lowest BCUT2D eigenvalue weighted by molar-refractivity contribution is -0.143. The second kappa shape index (κ2) is 15.5. The average Bonchev–Trinajstić information content (AvgIpc) is 2.73. The zero-order chi connectivity index (χ0) is 22.2.